The summed E-state index contributed by atoms with van der Waals surface area (Å²) in [6, 6.07) is 7.76. The Morgan fingerprint density at radius 1 is 1.22 bits per heavy atom. The molecule has 0 amide bonds. The van der Waals surface area contributed by atoms with E-state index >= 15 is 0 Å². The van der Waals surface area contributed by atoms with E-state index in [9.17, 15) is 0 Å². The molecule has 7 heteroatoms. The molecular weight excluding hydrogens is 292 g/mol. The van der Waals surface area contributed by atoms with Crippen LogP contribution in [0.25, 0.3) is 28.2 Å². The molecule has 4 aromatic heterocycles. The van der Waals surface area contributed by atoms with Gasteiger partial charge in [0.05, 0.1) is 6.20 Å². The summed E-state index contributed by atoms with van der Waals surface area (Å²) in [5.74, 6) is 1.51. The van der Waals surface area contributed by atoms with Crippen molar-refractivity contribution in [2.75, 3.05) is 5.73 Å². The molecule has 4 aromatic rings. The fourth-order valence-corrected chi connectivity index (χ4v) is 2.47. The molecule has 0 aliphatic carbocycles. The first-order chi connectivity index (χ1) is 11.2. The lowest BCUT2D eigenvalue weighted by atomic mass is 10.1. The second-order valence-corrected chi connectivity index (χ2v) is 5.08. The van der Waals surface area contributed by atoms with Crippen molar-refractivity contribution in [1.82, 2.24) is 24.6 Å². The summed E-state index contributed by atoms with van der Waals surface area (Å²) < 4.78 is 7.43. The third kappa shape index (κ3) is 2.32. The zero-order valence-corrected chi connectivity index (χ0v) is 12.5. The summed E-state index contributed by atoms with van der Waals surface area (Å²) in [7, 11) is 0. The number of nitrogens with zero attached hydrogens (tertiary/aromatic N) is 5. The van der Waals surface area contributed by atoms with Crippen LogP contribution in [0.2, 0.25) is 0 Å². The molecule has 0 fully saturated rings. The van der Waals surface area contributed by atoms with Gasteiger partial charge in [-0.3, -0.25) is 4.98 Å². The van der Waals surface area contributed by atoms with Gasteiger partial charge in [-0.25, -0.2) is 9.50 Å². The topological polar surface area (TPSA) is 95.1 Å². The van der Waals surface area contributed by atoms with Gasteiger partial charge < -0.3 is 10.2 Å². The number of rotatable bonds is 3. The van der Waals surface area contributed by atoms with Crippen LogP contribution in [-0.2, 0) is 6.42 Å². The van der Waals surface area contributed by atoms with E-state index in [4.69, 9.17) is 10.2 Å². The SMILES string of the molecule is CCc1ncc(-c2cc(-c3cccnc3)cc3nc(N)nn23)o1. The van der Waals surface area contributed by atoms with Crippen molar-refractivity contribution < 1.29 is 4.42 Å². The van der Waals surface area contributed by atoms with Crippen molar-refractivity contribution in [2.24, 2.45) is 0 Å². The second kappa shape index (κ2) is 5.20. The molecule has 114 valence electrons. The average Bonchev–Trinajstić information content (AvgIpc) is 3.20. The van der Waals surface area contributed by atoms with Crippen molar-refractivity contribution in [3.63, 3.8) is 0 Å². The van der Waals surface area contributed by atoms with E-state index in [0.717, 1.165) is 23.2 Å². The highest BCUT2D eigenvalue weighted by molar-refractivity contribution is 5.73. The second-order valence-electron chi connectivity index (χ2n) is 5.08. The highest BCUT2D eigenvalue weighted by Crippen LogP contribution is 2.28. The van der Waals surface area contributed by atoms with Gasteiger partial charge in [0.25, 0.3) is 0 Å². The molecule has 0 unspecified atom stereocenters. The minimum absolute atomic E-state index is 0.213. The molecule has 4 rings (SSSR count). The molecule has 0 saturated heterocycles. The van der Waals surface area contributed by atoms with Crippen LogP contribution in [0, 0.1) is 0 Å². The van der Waals surface area contributed by atoms with E-state index in [0.29, 0.717) is 17.3 Å². The molecule has 0 aliphatic heterocycles. The zero-order valence-electron chi connectivity index (χ0n) is 12.5. The average molecular weight is 306 g/mol. The fraction of sp³-hybridized carbons (Fsp3) is 0.125. The molecule has 0 radical (unpaired) electrons. The Labute approximate surface area is 131 Å². The van der Waals surface area contributed by atoms with Crippen LogP contribution in [0.5, 0.6) is 0 Å². The van der Waals surface area contributed by atoms with Gasteiger partial charge in [-0.1, -0.05) is 13.0 Å². The van der Waals surface area contributed by atoms with E-state index in [2.05, 4.69) is 20.1 Å². The summed E-state index contributed by atoms with van der Waals surface area (Å²) in [5.41, 5.74) is 9.09. The highest BCUT2D eigenvalue weighted by Gasteiger charge is 2.14. The van der Waals surface area contributed by atoms with Crippen LogP contribution in [0.15, 0.2) is 47.3 Å². The lowest BCUT2D eigenvalue weighted by Crippen LogP contribution is -1.95. The number of nitrogen functional groups attached to an aromatic ring is 1. The minimum Gasteiger partial charge on any atom is -0.439 e. The zero-order chi connectivity index (χ0) is 15.8. The van der Waals surface area contributed by atoms with Crippen LogP contribution in [0.3, 0.4) is 0 Å². The molecule has 0 saturated carbocycles. The van der Waals surface area contributed by atoms with Crippen molar-refractivity contribution >= 4 is 11.6 Å². The Morgan fingerprint density at radius 3 is 2.87 bits per heavy atom. The van der Waals surface area contributed by atoms with Gasteiger partial charge >= 0.3 is 0 Å². The maximum Gasteiger partial charge on any atom is 0.240 e. The first-order valence-corrected chi connectivity index (χ1v) is 7.26. The van der Waals surface area contributed by atoms with Gasteiger partial charge in [-0.15, -0.1) is 5.10 Å². The van der Waals surface area contributed by atoms with Gasteiger partial charge in [-0.2, -0.15) is 4.98 Å². The fourth-order valence-electron chi connectivity index (χ4n) is 2.47. The summed E-state index contributed by atoms with van der Waals surface area (Å²) in [6.07, 6.45) is 5.96. The van der Waals surface area contributed by atoms with Crippen LogP contribution in [0.1, 0.15) is 12.8 Å². The van der Waals surface area contributed by atoms with E-state index < -0.39 is 0 Å². The summed E-state index contributed by atoms with van der Waals surface area (Å²) in [4.78, 5) is 12.7. The molecule has 0 atom stereocenters. The van der Waals surface area contributed by atoms with Gasteiger partial charge in [0.15, 0.2) is 17.3 Å². The summed E-state index contributed by atoms with van der Waals surface area (Å²) >= 11 is 0. The Morgan fingerprint density at radius 2 is 2.13 bits per heavy atom. The van der Waals surface area contributed by atoms with E-state index in [1.54, 1.807) is 23.1 Å². The number of hydrogen-bond donors (Lipinski definition) is 1. The van der Waals surface area contributed by atoms with E-state index in [1.165, 1.54) is 0 Å². The van der Waals surface area contributed by atoms with Gasteiger partial charge in [0.2, 0.25) is 5.95 Å². The Hall–Kier alpha value is -3.22. The first kappa shape index (κ1) is 13.4. The summed E-state index contributed by atoms with van der Waals surface area (Å²) in [5, 5.41) is 4.24. The molecule has 0 bridgehead atoms. The minimum atomic E-state index is 0.213. The van der Waals surface area contributed by atoms with Gasteiger partial charge in [-0.05, 0) is 23.8 Å². The van der Waals surface area contributed by atoms with Crippen LogP contribution in [0.4, 0.5) is 5.95 Å². The molecular formula is C16H14N6O. The molecule has 4 heterocycles. The third-order valence-corrected chi connectivity index (χ3v) is 3.56. The predicted octanol–water partition coefficient (Wildman–Crippen LogP) is 2.59. The monoisotopic (exact) mass is 306 g/mol. The van der Waals surface area contributed by atoms with Crippen LogP contribution in [-0.4, -0.2) is 24.6 Å². The number of pyridine rings is 2. The largest absolute Gasteiger partial charge is 0.439 e. The maximum absolute atomic E-state index is 5.77. The van der Waals surface area contributed by atoms with Crippen molar-refractivity contribution in [3.05, 3.63) is 48.7 Å². The van der Waals surface area contributed by atoms with Crippen LogP contribution < -0.4 is 5.73 Å². The lowest BCUT2D eigenvalue weighted by molar-refractivity contribution is 0.511. The third-order valence-electron chi connectivity index (χ3n) is 3.56. The Balaban J connectivity index is 1.97. The molecule has 2 N–H and O–H groups in total. The quantitative estimate of drug-likeness (QED) is 0.625. The smallest absolute Gasteiger partial charge is 0.240 e. The number of fused-ring (bicyclic) bond motifs is 1. The predicted molar refractivity (Wildman–Crippen MR) is 85.5 cm³/mol. The van der Waals surface area contributed by atoms with Gasteiger partial charge in [0.1, 0.15) is 5.69 Å². The molecule has 0 aliphatic rings. The maximum atomic E-state index is 5.77. The normalized spacial score (nSPS) is 11.2. The number of oxazole rings is 1. The molecule has 0 spiro atoms. The van der Waals surface area contributed by atoms with Crippen molar-refractivity contribution in [1.29, 1.82) is 0 Å². The lowest BCUT2D eigenvalue weighted by Gasteiger charge is -2.05. The molecule has 7 nitrogen and oxygen atoms in total. The Kier molecular flexibility index (Phi) is 3.04. The van der Waals surface area contributed by atoms with Crippen molar-refractivity contribution in [2.45, 2.75) is 13.3 Å². The number of hydrogen-bond acceptors (Lipinski definition) is 6. The number of aromatic nitrogens is 5. The van der Waals surface area contributed by atoms with E-state index in [1.807, 2.05) is 31.2 Å². The number of anilines is 1. The Bertz CT molecular complexity index is 973. The van der Waals surface area contributed by atoms with Crippen molar-refractivity contribution in [3.8, 4) is 22.6 Å². The van der Waals surface area contributed by atoms with E-state index in [-0.39, 0.29) is 5.95 Å². The number of aryl methyl sites for hydroxylation is 1. The first-order valence-electron chi connectivity index (χ1n) is 7.26. The highest BCUT2D eigenvalue weighted by atomic mass is 16.4. The van der Waals surface area contributed by atoms with Crippen LogP contribution >= 0.6 is 0 Å². The molecule has 23 heavy (non-hydrogen) atoms. The van der Waals surface area contributed by atoms with Gasteiger partial charge in [0, 0.05) is 24.4 Å². The number of nitrogens with two attached hydrogens (primary N) is 1. The molecule has 0 aromatic carbocycles. The summed E-state index contributed by atoms with van der Waals surface area (Å²) in [6.45, 7) is 1.99. The standard InChI is InChI=1S/C16H14N6O/c1-2-15-19-9-13(23-15)12-6-11(10-4-3-5-18-8-10)7-14-20-16(17)21-22(12)14/h3-9H,2H2,1H3,(H2,17,21).